The average Bonchev–Trinajstić information content (AvgIpc) is 2.14. The summed E-state index contributed by atoms with van der Waals surface area (Å²) in [4.78, 5) is 11.1. The number of carbonyl (C=O) groups is 1. The molecule has 0 saturated heterocycles. The second kappa shape index (κ2) is 7.33. The highest BCUT2D eigenvalue weighted by atomic mass is 16.3. The summed E-state index contributed by atoms with van der Waals surface area (Å²) in [5.74, 6) is -0.0161. The number of amides is 1. The molecule has 0 aliphatic rings. The molecule has 0 fully saturated rings. The van der Waals surface area contributed by atoms with Gasteiger partial charge in [-0.2, -0.15) is 0 Å². The maximum atomic E-state index is 11.1. The van der Waals surface area contributed by atoms with E-state index in [2.05, 4.69) is 5.32 Å². The molecular formula is C11H19NO2. The van der Waals surface area contributed by atoms with Crippen molar-refractivity contribution in [2.75, 3.05) is 6.54 Å². The highest BCUT2D eigenvalue weighted by Crippen LogP contribution is 1.98. The van der Waals surface area contributed by atoms with Crippen LogP contribution in [-0.4, -0.2) is 23.7 Å². The average molecular weight is 197 g/mol. The SMILES string of the molecule is CC=CC=CC(=O)NCC(O)C(C)C. The van der Waals surface area contributed by atoms with E-state index < -0.39 is 6.10 Å². The first kappa shape index (κ1) is 12.9. The smallest absolute Gasteiger partial charge is 0.244 e. The summed E-state index contributed by atoms with van der Waals surface area (Å²) in [6, 6.07) is 0. The van der Waals surface area contributed by atoms with Crippen LogP contribution in [0.25, 0.3) is 0 Å². The van der Waals surface area contributed by atoms with Crippen molar-refractivity contribution in [2.24, 2.45) is 5.92 Å². The maximum absolute atomic E-state index is 11.1. The van der Waals surface area contributed by atoms with Gasteiger partial charge in [-0.15, -0.1) is 0 Å². The van der Waals surface area contributed by atoms with E-state index in [1.807, 2.05) is 26.8 Å². The van der Waals surface area contributed by atoms with Gasteiger partial charge in [-0.1, -0.05) is 32.1 Å². The van der Waals surface area contributed by atoms with Gasteiger partial charge in [0.15, 0.2) is 0 Å². The zero-order valence-electron chi connectivity index (χ0n) is 9.03. The molecule has 1 atom stereocenters. The van der Waals surface area contributed by atoms with Crippen molar-refractivity contribution < 1.29 is 9.90 Å². The zero-order valence-corrected chi connectivity index (χ0v) is 9.03. The van der Waals surface area contributed by atoms with Crippen LogP contribution < -0.4 is 5.32 Å². The highest BCUT2D eigenvalue weighted by molar-refractivity contribution is 5.87. The molecule has 14 heavy (non-hydrogen) atoms. The van der Waals surface area contributed by atoms with Crippen LogP contribution in [0.5, 0.6) is 0 Å². The topological polar surface area (TPSA) is 49.3 Å². The molecule has 0 aromatic carbocycles. The van der Waals surface area contributed by atoms with Crippen molar-refractivity contribution >= 4 is 5.91 Å². The minimum Gasteiger partial charge on any atom is -0.391 e. The second-order valence-corrected chi connectivity index (χ2v) is 3.44. The van der Waals surface area contributed by atoms with Crippen molar-refractivity contribution in [2.45, 2.75) is 26.9 Å². The summed E-state index contributed by atoms with van der Waals surface area (Å²) in [6.07, 6.45) is 6.24. The monoisotopic (exact) mass is 197 g/mol. The van der Waals surface area contributed by atoms with Gasteiger partial charge in [0.25, 0.3) is 0 Å². The summed E-state index contributed by atoms with van der Waals surface area (Å²) in [6.45, 7) is 6.00. The molecule has 0 saturated carbocycles. The van der Waals surface area contributed by atoms with E-state index in [-0.39, 0.29) is 11.8 Å². The van der Waals surface area contributed by atoms with E-state index in [9.17, 15) is 9.90 Å². The number of aliphatic hydroxyl groups is 1. The third-order valence-electron chi connectivity index (χ3n) is 1.81. The molecular weight excluding hydrogens is 178 g/mol. The largest absolute Gasteiger partial charge is 0.391 e. The standard InChI is InChI=1S/C11H19NO2/c1-4-5-6-7-11(14)12-8-10(13)9(2)3/h4-7,9-10,13H,8H2,1-3H3,(H,12,14). The molecule has 0 spiro atoms. The Hall–Kier alpha value is -1.09. The van der Waals surface area contributed by atoms with Crippen molar-refractivity contribution in [3.05, 3.63) is 24.3 Å². The van der Waals surface area contributed by atoms with Crippen LogP contribution in [0.3, 0.4) is 0 Å². The summed E-state index contributed by atoms with van der Waals surface area (Å²) in [5.41, 5.74) is 0. The lowest BCUT2D eigenvalue weighted by molar-refractivity contribution is -0.117. The lowest BCUT2D eigenvalue weighted by Gasteiger charge is -2.13. The fourth-order valence-electron chi connectivity index (χ4n) is 0.754. The molecule has 0 radical (unpaired) electrons. The Bertz CT molecular complexity index is 219. The lowest BCUT2D eigenvalue weighted by atomic mass is 10.1. The highest BCUT2D eigenvalue weighted by Gasteiger charge is 2.08. The van der Waals surface area contributed by atoms with Gasteiger partial charge in [0.1, 0.15) is 0 Å². The van der Waals surface area contributed by atoms with E-state index in [1.54, 1.807) is 12.2 Å². The van der Waals surface area contributed by atoms with Gasteiger partial charge in [0, 0.05) is 12.6 Å². The van der Waals surface area contributed by atoms with E-state index >= 15 is 0 Å². The predicted octanol–water partition coefficient (Wildman–Crippen LogP) is 1.25. The van der Waals surface area contributed by atoms with Crippen LogP contribution in [0, 0.1) is 5.92 Å². The third-order valence-corrected chi connectivity index (χ3v) is 1.81. The third kappa shape index (κ3) is 6.43. The number of aliphatic hydroxyl groups excluding tert-OH is 1. The number of allylic oxidation sites excluding steroid dienone is 3. The van der Waals surface area contributed by atoms with Crippen LogP contribution in [0.15, 0.2) is 24.3 Å². The van der Waals surface area contributed by atoms with E-state index in [1.165, 1.54) is 6.08 Å². The molecule has 0 bridgehead atoms. The van der Waals surface area contributed by atoms with Crippen LogP contribution in [0.4, 0.5) is 0 Å². The van der Waals surface area contributed by atoms with Crippen LogP contribution >= 0.6 is 0 Å². The molecule has 2 N–H and O–H groups in total. The molecule has 0 aromatic rings. The molecule has 80 valence electrons. The van der Waals surface area contributed by atoms with Crippen molar-refractivity contribution in [3.63, 3.8) is 0 Å². The second-order valence-electron chi connectivity index (χ2n) is 3.44. The van der Waals surface area contributed by atoms with Crippen LogP contribution in [-0.2, 0) is 4.79 Å². The Labute approximate surface area is 85.5 Å². The molecule has 3 nitrogen and oxygen atoms in total. The van der Waals surface area contributed by atoms with Crippen molar-refractivity contribution in [3.8, 4) is 0 Å². The summed E-state index contributed by atoms with van der Waals surface area (Å²) < 4.78 is 0. The number of rotatable bonds is 5. The quantitative estimate of drug-likeness (QED) is 0.515. The maximum Gasteiger partial charge on any atom is 0.244 e. The number of hydrogen-bond acceptors (Lipinski definition) is 2. The fourth-order valence-corrected chi connectivity index (χ4v) is 0.754. The summed E-state index contributed by atoms with van der Waals surface area (Å²) in [5, 5.41) is 12.0. The van der Waals surface area contributed by atoms with Gasteiger partial charge < -0.3 is 10.4 Å². The van der Waals surface area contributed by atoms with Gasteiger partial charge in [-0.25, -0.2) is 0 Å². The van der Waals surface area contributed by atoms with E-state index in [0.29, 0.717) is 6.54 Å². The molecule has 0 heterocycles. The number of nitrogens with one attached hydrogen (secondary N) is 1. The van der Waals surface area contributed by atoms with Crippen molar-refractivity contribution in [1.82, 2.24) is 5.32 Å². The molecule has 0 aliphatic carbocycles. The number of carbonyl (C=O) groups excluding carboxylic acids is 1. The first-order valence-electron chi connectivity index (χ1n) is 4.83. The molecule has 1 unspecified atom stereocenters. The minimum atomic E-state index is -0.478. The molecule has 0 rings (SSSR count). The molecule has 1 amide bonds. The van der Waals surface area contributed by atoms with E-state index in [4.69, 9.17) is 0 Å². The zero-order chi connectivity index (χ0) is 11.0. The Balaban J connectivity index is 3.74. The summed E-state index contributed by atoms with van der Waals surface area (Å²) in [7, 11) is 0. The first-order valence-corrected chi connectivity index (χ1v) is 4.83. The fraction of sp³-hybridized carbons (Fsp3) is 0.545. The van der Waals surface area contributed by atoms with Crippen LogP contribution in [0.1, 0.15) is 20.8 Å². The Morgan fingerprint density at radius 2 is 2.07 bits per heavy atom. The van der Waals surface area contributed by atoms with Crippen LogP contribution in [0.2, 0.25) is 0 Å². The van der Waals surface area contributed by atoms with Gasteiger partial charge in [-0.05, 0) is 12.8 Å². The Morgan fingerprint density at radius 3 is 2.57 bits per heavy atom. The van der Waals surface area contributed by atoms with Gasteiger partial charge in [0.05, 0.1) is 6.10 Å². The number of hydrogen-bond donors (Lipinski definition) is 2. The Morgan fingerprint density at radius 1 is 1.43 bits per heavy atom. The molecule has 0 aliphatic heterocycles. The lowest BCUT2D eigenvalue weighted by Crippen LogP contribution is -2.33. The van der Waals surface area contributed by atoms with Gasteiger partial charge in [-0.3, -0.25) is 4.79 Å². The van der Waals surface area contributed by atoms with Crippen molar-refractivity contribution in [1.29, 1.82) is 0 Å². The normalized spacial score (nSPS) is 14.1. The molecule has 3 heteroatoms. The first-order chi connectivity index (χ1) is 6.57. The van der Waals surface area contributed by atoms with Gasteiger partial charge >= 0.3 is 0 Å². The summed E-state index contributed by atoms with van der Waals surface area (Å²) >= 11 is 0. The van der Waals surface area contributed by atoms with E-state index in [0.717, 1.165) is 0 Å². The minimum absolute atomic E-state index is 0.162. The Kier molecular flexibility index (Phi) is 6.76. The molecule has 0 aromatic heterocycles. The van der Waals surface area contributed by atoms with Gasteiger partial charge in [0.2, 0.25) is 5.91 Å². The predicted molar refractivity (Wildman–Crippen MR) is 57.8 cm³/mol.